The Bertz CT molecular complexity index is 582. The molecule has 2 heterocycles. The van der Waals surface area contributed by atoms with E-state index < -0.39 is 12.0 Å². The molecule has 6 heteroatoms. The van der Waals surface area contributed by atoms with Crippen LogP contribution >= 0.6 is 0 Å². The van der Waals surface area contributed by atoms with E-state index >= 15 is 0 Å². The van der Waals surface area contributed by atoms with Crippen molar-refractivity contribution in [3.8, 4) is 0 Å². The van der Waals surface area contributed by atoms with Crippen LogP contribution in [0.15, 0.2) is 42.6 Å². The van der Waals surface area contributed by atoms with Crippen molar-refractivity contribution in [3.63, 3.8) is 0 Å². The summed E-state index contributed by atoms with van der Waals surface area (Å²) in [5.41, 5.74) is 1.33. The SMILES string of the molecule is C=C1NC(=O)N[C@H](c2ccccc2)[C@H]1C(=O)N1CCOCC1. The van der Waals surface area contributed by atoms with Crippen LogP contribution in [0.25, 0.3) is 0 Å². The number of hydrogen-bond acceptors (Lipinski definition) is 3. The first-order chi connectivity index (χ1) is 10.7. The van der Waals surface area contributed by atoms with Crippen molar-refractivity contribution in [1.82, 2.24) is 15.5 Å². The first-order valence-electron chi connectivity index (χ1n) is 7.34. The number of urea groups is 1. The van der Waals surface area contributed by atoms with Crippen molar-refractivity contribution >= 4 is 11.9 Å². The van der Waals surface area contributed by atoms with Gasteiger partial charge in [0.05, 0.1) is 19.3 Å². The largest absolute Gasteiger partial charge is 0.378 e. The summed E-state index contributed by atoms with van der Waals surface area (Å²) in [5, 5.41) is 5.47. The molecule has 2 atom stereocenters. The Labute approximate surface area is 129 Å². The highest BCUT2D eigenvalue weighted by Crippen LogP contribution is 2.30. The summed E-state index contributed by atoms with van der Waals surface area (Å²) in [6.45, 7) is 6.11. The second-order valence-electron chi connectivity index (χ2n) is 5.43. The van der Waals surface area contributed by atoms with Gasteiger partial charge in [0.15, 0.2) is 0 Å². The Balaban J connectivity index is 1.88. The first-order valence-corrected chi connectivity index (χ1v) is 7.34. The van der Waals surface area contributed by atoms with Gasteiger partial charge in [-0.2, -0.15) is 0 Å². The molecule has 2 aliphatic heterocycles. The third-order valence-electron chi connectivity index (χ3n) is 4.02. The lowest BCUT2D eigenvalue weighted by molar-refractivity contribution is -0.139. The summed E-state index contributed by atoms with van der Waals surface area (Å²) in [6.07, 6.45) is 0. The lowest BCUT2D eigenvalue weighted by Gasteiger charge is -2.38. The summed E-state index contributed by atoms with van der Waals surface area (Å²) in [6, 6.07) is 8.76. The van der Waals surface area contributed by atoms with E-state index in [1.807, 2.05) is 30.3 Å². The van der Waals surface area contributed by atoms with Crippen molar-refractivity contribution in [2.24, 2.45) is 5.92 Å². The van der Waals surface area contributed by atoms with Gasteiger partial charge in [-0.25, -0.2) is 4.79 Å². The van der Waals surface area contributed by atoms with E-state index in [1.165, 1.54) is 0 Å². The third-order valence-corrected chi connectivity index (χ3v) is 4.02. The molecule has 0 radical (unpaired) electrons. The highest BCUT2D eigenvalue weighted by molar-refractivity contribution is 5.88. The zero-order valence-corrected chi connectivity index (χ0v) is 12.2. The lowest BCUT2D eigenvalue weighted by Crippen LogP contribution is -2.55. The molecule has 1 aromatic carbocycles. The molecule has 0 unspecified atom stereocenters. The number of benzene rings is 1. The summed E-state index contributed by atoms with van der Waals surface area (Å²) in [7, 11) is 0. The van der Waals surface area contributed by atoms with Crippen molar-refractivity contribution in [3.05, 3.63) is 48.2 Å². The molecule has 0 spiro atoms. The second-order valence-corrected chi connectivity index (χ2v) is 5.43. The molecule has 2 aliphatic rings. The van der Waals surface area contributed by atoms with Gasteiger partial charge >= 0.3 is 6.03 Å². The molecule has 116 valence electrons. The number of rotatable bonds is 2. The van der Waals surface area contributed by atoms with Crippen LogP contribution in [0.3, 0.4) is 0 Å². The van der Waals surface area contributed by atoms with Crippen LogP contribution in [0.4, 0.5) is 4.79 Å². The van der Waals surface area contributed by atoms with E-state index in [-0.39, 0.29) is 11.9 Å². The molecule has 3 rings (SSSR count). The molecular weight excluding hydrogens is 282 g/mol. The Kier molecular flexibility index (Phi) is 4.11. The fourth-order valence-electron chi connectivity index (χ4n) is 2.89. The monoisotopic (exact) mass is 301 g/mol. The Morgan fingerprint density at radius 1 is 1.23 bits per heavy atom. The summed E-state index contributed by atoms with van der Waals surface area (Å²) in [5.74, 6) is -0.548. The average molecular weight is 301 g/mol. The fraction of sp³-hybridized carbons (Fsp3) is 0.375. The predicted molar refractivity (Wildman–Crippen MR) is 80.9 cm³/mol. The molecular formula is C16H19N3O3. The Morgan fingerprint density at radius 3 is 2.59 bits per heavy atom. The van der Waals surface area contributed by atoms with Crippen molar-refractivity contribution < 1.29 is 14.3 Å². The van der Waals surface area contributed by atoms with Crippen molar-refractivity contribution in [2.75, 3.05) is 26.3 Å². The van der Waals surface area contributed by atoms with Crippen LogP contribution in [0.1, 0.15) is 11.6 Å². The minimum absolute atomic E-state index is 0.0327. The maximum atomic E-state index is 12.9. The summed E-state index contributed by atoms with van der Waals surface area (Å²) >= 11 is 0. The smallest absolute Gasteiger partial charge is 0.319 e. The van der Waals surface area contributed by atoms with Crippen LogP contribution in [0.2, 0.25) is 0 Å². The molecule has 6 nitrogen and oxygen atoms in total. The van der Waals surface area contributed by atoms with E-state index in [1.54, 1.807) is 4.90 Å². The van der Waals surface area contributed by atoms with Crippen molar-refractivity contribution in [2.45, 2.75) is 6.04 Å². The molecule has 2 fully saturated rings. The van der Waals surface area contributed by atoms with Gasteiger partial charge in [0.25, 0.3) is 0 Å². The standard InChI is InChI=1S/C16H19N3O3/c1-11-13(15(20)19-7-9-22-10-8-19)14(18-16(21)17-11)12-5-3-2-4-6-12/h2-6,13-14H,1,7-10H2,(H2,17,18,21)/t13-,14+/m0/s1. The zero-order chi connectivity index (χ0) is 15.5. The second kappa shape index (κ2) is 6.19. The van der Waals surface area contributed by atoms with Crippen molar-refractivity contribution in [1.29, 1.82) is 0 Å². The van der Waals surface area contributed by atoms with Gasteiger partial charge < -0.3 is 20.3 Å². The van der Waals surface area contributed by atoms with Crippen LogP contribution in [0.5, 0.6) is 0 Å². The number of nitrogens with one attached hydrogen (secondary N) is 2. The normalized spacial score (nSPS) is 25.4. The van der Waals surface area contributed by atoms with E-state index in [0.29, 0.717) is 32.0 Å². The van der Waals surface area contributed by atoms with Crippen LogP contribution < -0.4 is 10.6 Å². The molecule has 0 aromatic heterocycles. The first kappa shape index (κ1) is 14.6. The highest BCUT2D eigenvalue weighted by Gasteiger charge is 2.39. The predicted octanol–water partition coefficient (Wildman–Crippen LogP) is 1.03. The van der Waals surface area contributed by atoms with Gasteiger partial charge in [0.1, 0.15) is 5.92 Å². The number of amides is 3. The number of hydrogen-bond donors (Lipinski definition) is 2. The van der Waals surface area contributed by atoms with Gasteiger partial charge in [-0.1, -0.05) is 36.9 Å². The quantitative estimate of drug-likeness (QED) is 0.857. The minimum atomic E-state index is -0.516. The van der Waals surface area contributed by atoms with E-state index in [4.69, 9.17) is 4.74 Å². The number of nitrogens with zero attached hydrogens (tertiary/aromatic N) is 1. The molecule has 3 amide bonds. The molecule has 1 aromatic rings. The summed E-state index contributed by atoms with van der Waals surface area (Å²) in [4.78, 5) is 26.4. The van der Waals surface area contributed by atoms with Gasteiger partial charge in [-0.3, -0.25) is 4.79 Å². The van der Waals surface area contributed by atoms with E-state index in [0.717, 1.165) is 5.56 Å². The number of carbonyl (C=O) groups excluding carboxylic acids is 2. The molecule has 0 saturated carbocycles. The number of ether oxygens (including phenoxy) is 1. The Hall–Kier alpha value is -2.34. The average Bonchev–Trinajstić information content (AvgIpc) is 2.55. The van der Waals surface area contributed by atoms with Crippen LogP contribution in [-0.4, -0.2) is 43.1 Å². The summed E-state index contributed by atoms with van der Waals surface area (Å²) < 4.78 is 5.29. The fourth-order valence-corrected chi connectivity index (χ4v) is 2.89. The van der Waals surface area contributed by atoms with E-state index in [9.17, 15) is 9.59 Å². The molecule has 22 heavy (non-hydrogen) atoms. The number of carbonyl (C=O) groups is 2. The van der Waals surface area contributed by atoms with Crippen LogP contribution in [0, 0.1) is 5.92 Å². The van der Waals surface area contributed by atoms with Gasteiger partial charge in [0, 0.05) is 18.8 Å². The molecule has 2 N–H and O–H groups in total. The number of morpholine rings is 1. The van der Waals surface area contributed by atoms with Gasteiger partial charge in [-0.15, -0.1) is 0 Å². The third kappa shape index (κ3) is 2.82. The highest BCUT2D eigenvalue weighted by atomic mass is 16.5. The molecule has 0 aliphatic carbocycles. The topological polar surface area (TPSA) is 70.7 Å². The molecule has 2 saturated heterocycles. The van der Waals surface area contributed by atoms with E-state index in [2.05, 4.69) is 17.2 Å². The maximum Gasteiger partial charge on any atom is 0.319 e. The minimum Gasteiger partial charge on any atom is -0.378 e. The Morgan fingerprint density at radius 2 is 1.91 bits per heavy atom. The maximum absolute atomic E-state index is 12.9. The van der Waals surface area contributed by atoms with Gasteiger partial charge in [0.2, 0.25) is 5.91 Å². The molecule has 0 bridgehead atoms. The zero-order valence-electron chi connectivity index (χ0n) is 12.2. The lowest BCUT2D eigenvalue weighted by atomic mass is 9.87. The van der Waals surface area contributed by atoms with Crippen LogP contribution in [-0.2, 0) is 9.53 Å². The van der Waals surface area contributed by atoms with Gasteiger partial charge in [-0.05, 0) is 5.56 Å².